The van der Waals surface area contributed by atoms with E-state index < -0.39 is 0 Å². The molecule has 1 heteroatoms. The fraction of sp³-hybridized carbons (Fsp3) is 0.250. The number of rotatable bonds is 2. The van der Waals surface area contributed by atoms with Crippen molar-refractivity contribution in [2.45, 2.75) is 37.5 Å². The lowest BCUT2D eigenvalue weighted by molar-refractivity contribution is 0.464. The minimum Gasteiger partial charge on any atom is -0.508 e. The molecule has 0 fully saturated rings. The van der Waals surface area contributed by atoms with Crippen LogP contribution in [0.15, 0.2) is 66.7 Å². The maximum atomic E-state index is 10.6. The van der Waals surface area contributed by atoms with E-state index >= 15 is 0 Å². The van der Waals surface area contributed by atoms with E-state index in [1.807, 2.05) is 6.07 Å². The van der Waals surface area contributed by atoms with Crippen molar-refractivity contribution in [1.82, 2.24) is 0 Å². The molecule has 0 saturated heterocycles. The molecule has 3 aromatic rings. The number of fused-ring (bicyclic) bond motifs is 2. The molecule has 0 saturated carbocycles. The summed E-state index contributed by atoms with van der Waals surface area (Å²) in [4.78, 5) is 0. The molecule has 0 spiro atoms. The van der Waals surface area contributed by atoms with Gasteiger partial charge in [0.2, 0.25) is 0 Å². The first-order valence-electron chi connectivity index (χ1n) is 9.29. The van der Waals surface area contributed by atoms with Crippen LogP contribution in [-0.2, 0) is 12.8 Å². The van der Waals surface area contributed by atoms with Gasteiger partial charge in [-0.15, -0.1) is 0 Å². The van der Waals surface area contributed by atoms with Crippen molar-refractivity contribution in [3.63, 3.8) is 0 Å². The van der Waals surface area contributed by atoms with Crippen molar-refractivity contribution in [1.29, 1.82) is 0 Å². The van der Waals surface area contributed by atoms with Crippen LogP contribution in [0.5, 0.6) is 5.75 Å². The highest BCUT2D eigenvalue weighted by Crippen LogP contribution is 2.44. The summed E-state index contributed by atoms with van der Waals surface area (Å²) in [6.45, 7) is 0. The van der Waals surface area contributed by atoms with Crippen LogP contribution >= 0.6 is 0 Å². The Hall–Kier alpha value is -2.54. The van der Waals surface area contributed by atoms with Crippen LogP contribution in [0.2, 0.25) is 0 Å². The topological polar surface area (TPSA) is 20.2 Å². The first kappa shape index (κ1) is 14.8. The number of phenols is 1. The number of hydrogen-bond acceptors (Lipinski definition) is 1. The Morgan fingerprint density at radius 2 is 1.24 bits per heavy atom. The summed E-state index contributed by atoms with van der Waals surface area (Å²) in [7, 11) is 0. The van der Waals surface area contributed by atoms with Crippen molar-refractivity contribution in [2.75, 3.05) is 0 Å². The van der Waals surface area contributed by atoms with E-state index in [0.717, 1.165) is 24.8 Å². The molecule has 2 atom stereocenters. The number of phenolic OH excluding ortho intramolecular Hbond substituents is 1. The Kier molecular flexibility index (Phi) is 3.41. The van der Waals surface area contributed by atoms with Crippen LogP contribution < -0.4 is 0 Å². The average molecular weight is 326 g/mol. The van der Waals surface area contributed by atoms with Crippen molar-refractivity contribution in [3.8, 4) is 5.75 Å². The van der Waals surface area contributed by atoms with Crippen LogP contribution in [-0.4, -0.2) is 5.11 Å². The molecule has 1 N–H and O–H groups in total. The highest BCUT2D eigenvalue weighted by Gasteiger charge is 2.28. The standard InChI is InChI=1S/C24H22O/c25-24-14-11-18(21-12-9-16-5-1-3-7-19(16)21)15-23(24)22-13-10-17-6-2-4-8-20(17)22/h1-8,11,14-15,21-22,25H,9-10,12-13H2/t21-,22-/m0/s1. The molecule has 0 unspecified atom stereocenters. The van der Waals surface area contributed by atoms with E-state index in [9.17, 15) is 5.11 Å². The molecule has 2 aliphatic carbocycles. The summed E-state index contributed by atoms with van der Waals surface area (Å²) in [5, 5.41) is 10.6. The predicted molar refractivity (Wildman–Crippen MR) is 101 cm³/mol. The summed E-state index contributed by atoms with van der Waals surface area (Å²) in [6, 6.07) is 23.8. The second kappa shape index (κ2) is 5.77. The molecular formula is C24H22O. The SMILES string of the molecule is Oc1ccc([C@@H]2CCc3ccccc32)cc1[C@H]1CCc2ccccc21. The van der Waals surface area contributed by atoms with Crippen LogP contribution in [0.25, 0.3) is 0 Å². The van der Waals surface area contributed by atoms with E-state index in [1.165, 1.54) is 34.2 Å². The first-order chi connectivity index (χ1) is 12.3. The second-order valence-corrected chi connectivity index (χ2v) is 7.40. The van der Waals surface area contributed by atoms with Gasteiger partial charge in [-0.1, -0.05) is 60.7 Å². The summed E-state index contributed by atoms with van der Waals surface area (Å²) in [5.74, 6) is 1.23. The van der Waals surface area contributed by atoms with Crippen LogP contribution in [0.1, 0.15) is 58.1 Å². The molecule has 1 nitrogen and oxygen atoms in total. The van der Waals surface area contributed by atoms with E-state index in [0.29, 0.717) is 17.6 Å². The maximum Gasteiger partial charge on any atom is 0.119 e. The normalized spacial score (nSPS) is 21.1. The Morgan fingerprint density at radius 3 is 1.96 bits per heavy atom. The van der Waals surface area contributed by atoms with Crippen LogP contribution in [0.3, 0.4) is 0 Å². The van der Waals surface area contributed by atoms with Gasteiger partial charge in [0.05, 0.1) is 0 Å². The minimum atomic E-state index is 0.327. The Labute approximate surface area is 149 Å². The summed E-state index contributed by atoms with van der Waals surface area (Å²) in [5.41, 5.74) is 8.22. The maximum absolute atomic E-state index is 10.6. The first-order valence-corrected chi connectivity index (χ1v) is 9.29. The summed E-state index contributed by atoms with van der Waals surface area (Å²) >= 11 is 0. The lowest BCUT2D eigenvalue weighted by Gasteiger charge is -2.18. The molecule has 2 aliphatic rings. The third-order valence-corrected chi connectivity index (χ3v) is 6.10. The van der Waals surface area contributed by atoms with Gasteiger partial charge in [-0.05, 0) is 59.6 Å². The Morgan fingerprint density at radius 1 is 0.640 bits per heavy atom. The van der Waals surface area contributed by atoms with Gasteiger partial charge in [0.25, 0.3) is 0 Å². The van der Waals surface area contributed by atoms with Gasteiger partial charge in [-0.2, -0.15) is 0 Å². The molecule has 0 amide bonds. The van der Waals surface area contributed by atoms with Crippen molar-refractivity contribution < 1.29 is 5.11 Å². The molecule has 0 radical (unpaired) electrons. The van der Waals surface area contributed by atoms with E-state index in [1.54, 1.807) is 0 Å². The molecule has 0 aromatic heterocycles. The second-order valence-electron chi connectivity index (χ2n) is 7.40. The van der Waals surface area contributed by atoms with Gasteiger partial charge < -0.3 is 5.11 Å². The zero-order valence-electron chi connectivity index (χ0n) is 14.3. The minimum absolute atomic E-state index is 0.327. The summed E-state index contributed by atoms with van der Waals surface area (Å²) in [6.07, 6.45) is 4.53. The average Bonchev–Trinajstić information content (AvgIpc) is 3.26. The third kappa shape index (κ3) is 2.38. The number of hydrogen-bond donors (Lipinski definition) is 1. The molecule has 124 valence electrons. The molecule has 0 aliphatic heterocycles. The molecule has 25 heavy (non-hydrogen) atoms. The molecule has 5 rings (SSSR count). The van der Waals surface area contributed by atoms with Gasteiger partial charge in [-0.3, -0.25) is 0 Å². The largest absolute Gasteiger partial charge is 0.508 e. The monoisotopic (exact) mass is 326 g/mol. The smallest absolute Gasteiger partial charge is 0.119 e. The van der Waals surface area contributed by atoms with Gasteiger partial charge in [-0.25, -0.2) is 0 Å². The lowest BCUT2D eigenvalue weighted by Crippen LogP contribution is -2.01. The van der Waals surface area contributed by atoms with Crippen molar-refractivity contribution >= 4 is 0 Å². The van der Waals surface area contributed by atoms with E-state index in [-0.39, 0.29) is 0 Å². The van der Waals surface area contributed by atoms with E-state index in [2.05, 4.69) is 60.7 Å². The zero-order chi connectivity index (χ0) is 16.8. The summed E-state index contributed by atoms with van der Waals surface area (Å²) < 4.78 is 0. The van der Waals surface area contributed by atoms with Gasteiger partial charge in [0.15, 0.2) is 0 Å². The predicted octanol–water partition coefficient (Wildman–Crippen LogP) is 5.55. The van der Waals surface area contributed by atoms with Gasteiger partial charge >= 0.3 is 0 Å². The highest BCUT2D eigenvalue weighted by atomic mass is 16.3. The Bertz CT molecular complexity index is 940. The van der Waals surface area contributed by atoms with Crippen LogP contribution in [0.4, 0.5) is 0 Å². The quantitative estimate of drug-likeness (QED) is 0.655. The number of benzene rings is 3. The fourth-order valence-electron chi connectivity index (χ4n) is 4.85. The number of aryl methyl sites for hydroxylation is 2. The van der Waals surface area contributed by atoms with Crippen LogP contribution in [0, 0.1) is 0 Å². The van der Waals surface area contributed by atoms with Crippen molar-refractivity contribution in [3.05, 3.63) is 100 Å². The lowest BCUT2D eigenvalue weighted by atomic mass is 9.86. The Balaban J connectivity index is 1.57. The molecule has 0 heterocycles. The number of aromatic hydroxyl groups is 1. The van der Waals surface area contributed by atoms with Gasteiger partial charge in [0, 0.05) is 17.4 Å². The molecule has 0 bridgehead atoms. The zero-order valence-corrected chi connectivity index (χ0v) is 14.3. The molecular weight excluding hydrogens is 304 g/mol. The third-order valence-electron chi connectivity index (χ3n) is 6.10. The molecule has 3 aromatic carbocycles. The van der Waals surface area contributed by atoms with Gasteiger partial charge in [0.1, 0.15) is 5.75 Å². The highest BCUT2D eigenvalue weighted by molar-refractivity contribution is 5.51. The van der Waals surface area contributed by atoms with Crippen molar-refractivity contribution in [2.24, 2.45) is 0 Å². The fourth-order valence-corrected chi connectivity index (χ4v) is 4.85. The van der Waals surface area contributed by atoms with E-state index in [4.69, 9.17) is 0 Å².